The summed E-state index contributed by atoms with van der Waals surface area (Å²) >= 11 is 0. The summed E-state index contributed by atoms with van der Waals surface area (Å²) in [5.41, 5.74) is 0. The molecule has 0 amide bonds. The van der Waals surface area contributed by atoms with Gasteiger partial charge in [0.25, 0.3) is 0 Å². The van der Waals surface area contributed by atoms with Crippen LogP contribution in [-0.4, -0.2) is 65.2 Å². The summed E-state index contributed by atoms with van der Waals surface area (Å²) in [6.45, 7) is 0.237. The SMILES string of the molecule is COCO[C@H]1[C@@H]2OC[C@@H](O2)[C@H](F)[C@@H]1OCOC. The highest BCUT2D eigenvalue weighted by Crippen LogP contribution is 2.33. The number of fused-ring (bicyclic) bond motifs is 2. The zero-order valence-electron chi connectivity index (χ0n) is 9.84. The van der Waals surface area contributed by atoms with Crippen molar-refractivity contribution in [2.75, 3.05) is 34.4 Å². The van der Waals surface area contributed by atoms with Crippen LogP contribution in [0, 0.1) is 0 Å². The van der Waals surface area contributed by atoms with Crippen molar-refractivity contribution in [3.8, 4) is 0 Å². The summed E-state index contributed by atoms with van der Waals surface area (Å²) in [4.78, 5) is 0. The molecule has 100 valence electrons. The fourth-order valence-corrected chi connectivity index (χ4v) is 1.98. The van der Waals surface area contributed by atoms with Crippen molar-refractivity contribution in [1.82, 2.24) is 0 Å². The van der Waals surface area contributed by atoms with E-state index in [2.05, 4.69) is 0 Å². The maximum absolute atomic E-state index is 14.0. The van der Waals surface area contributed by atoms with Crippen LogP contribution in [0.2, 0.25) is 0 Å². The lowest BCUT2D eigenvalue weighted by Crippen LogP contribution is -2.54. The van der Waals surface area contributed by atoms with Crippen molar-refractivity contribution in [3.63, 3.8) is 0 Å². The lowest BCUT2D eigenvalue weighted by Gasteiger charge is -2.36. The number of hydrogen-bond donors (Lipinski definition) is 0. The Bertz CT molecular complexity index is 233. The van der Waals surface area contributed by atoms with Gasteiger partial charge in [0.1, 0.15) is 31.9 Å². The molecule has 0 radical (unpaired) electrons. The van der Waals surface area contributed by atoms with Gasteiger partial charge in [-0.15, -0.1) is 0 Å². The van der Waals surface area contributed by atoms with Gasteiger partial charge < -0.3 is 28.4 Å². The summed E-state index contributed by atoms with van der Waals surface area (Å²) in [5, 5.41) is 0. The molecule has 2 rings (SSSR count). The second-order valence-electron chi connectivity index (χ2n) is 3.90. The molecule has 2 aliphatic heterocycles. The maximum atomic E-state index is 14.0. The number of methoxy groups -OCH3 is 2. The minimum Gasteiger partial charge on any atom is -0.359 e. The van der Waals surface area contributed by atoms with Crippen molar-refractivity contribution in [1.29, 1.82) is 0 Å². The Kier molecular flexibility index (Phi) is 4.66. The first-order valence-electron chi connectivity index (χ1n) is 5.40. The van der Waals surface area contributed by atoms with Gasteiger partial charge >= 0.3 is 0 Å². The summed E-state index contributed by atoms with van der Waals surface area (Å²) in [6, 6.07) is 0. The molecule has 7 heteroatoms. The van der Waals surface area contributed by atoms with Gasteiger partial charge in [0, 0.05) is 14.2 Å². The third kappa shape index (κ3) is 2.75. The normalized spacial score (nSPS) is 40.8. The van der Waals surface area contributed by atoms with E-state index in [1.165, 1.54) is 14.2 Å². The molecule has 0 spiro atoms. The van der Waals surface area contributed by atoms with Gasteiger partial charge in [0.2, 0.25) is 0 Å². The number of hydrogen-bond acceptors (Lipinski definition) is 6. The predicted octanol–water partition coefficient (Wildman–Crippen LogP) is 0.0578. The van der Waals surface area contributed by atoms with Crippen LogP contribution in [0.3, 0.4) is 0 Å². The second-order valence-corrected chi connectivity index (χ2v) is 3.90. The van der Waals surface area contributed by atoms with Gasteiger partial charge in [0.05, 0.1) is 6.61 Å². The first-order valence-corrected chi connectivity index (χ1v) is 5.40. The molecular weight excluding hydrogens is 235 g/mol. The summed E-state index contributed by atoms with van der Waals surface area (Å²) in [6.07, 6.45) is -3.92. The minimum atomic E-state index is -1.30. The van der Waals surface area contributed by atoms with Crippen LogP contribution in [-0.2, 0) is 28.4 Å². The molecule has 5 atom stereocenters. The lowest BCUT2D eigenvalue weighted by atomic mass is 10.0. The molecular formula is C10H17FO6. The van der Waals surface area contributed by atoms with Crippen molar-refractivity contribution in [2.45, 2.75) is 30.8 Å². The molecule has 0 aromatic carbocycles. The highest BCUT2D eigenvalue weighted by molar-refractivity contribution is 4.95. The van der Waals surface area contributed by atoms with Crippen LogP contribution >= 0.6 is 0 Å². The molecule has 0 saturated carbocycles. The van der Waals surface area contributed by atoms with Crippen LogP contribution in [0.15, 0.2) is 0 Å². The van der Waals surface area contributed by atoms with Gasteiger partial charge in [-0.05, 0) is 0 Å². The molecule has 17 heavy (non-hydrogen) atoms. The fraction of sp³-hybridized carbons (Fsp3) is 1.00. The topological polar surface area (TPSA) is 55.4 Å². The summed E-state index contributed by atoms with van der Waals surface area (Å²) < 4.78 is 44.9. The average molecular weight is 252 g/mol. The molecule has 2 aliphatic rings. The molecule has 0 unspecified atom stereocenters. The molecule has 2 saturated heterocycles. The van der Waals surface area contributed by atoms with Gasteiger partial charge in [0.15, 0.2) is 12.5 Å². The molecule has 0 aromatic heterocycles. The average Bonchev–Trinajstić information content (AvgIpc) is 2.77. The van der Waals surface area contributed by atoms with Crippen LogP contribution in [0.1, 0.15) is 0 Å². The number of rotatable bonds is 6. The largest absolute Gasteiger partial charge is 0.359 e. The van der Waals surface area contributed by atoms with E-state index in [0.717, 1.165) is 0 Å². The first kappa shape index (κ1) is 13.1. The van der Waals surface area contributed by atoms with E-state index in [4.69, 9.17) is 28.4 Å². The maximum Gasteiger partial charge on any atom is 0.187 e. The highest BCUT2D eigenvalue weighted by Gasteiger charge is 2.52. The third-order valence-electron chi connectivity index (χ3n) is 2.75. The van der Waals surface area contributed by atoms with E-state index in [0.29, 0.717) is 0 Å². The molecule has 2 heterocycles. The quantitative estimate of drug-likeness (QED) is 0.623. The fourth-order valence-electron chi connectivity index (χ4n) is 1.98. The van der Waals surface area contributed by atoms with Crippen LogP contribution < -0.4 is 0 Å². The van der Waals surface area contributed by atoms with E-state index in [1.54, 1.807) is 0 Å². The standard InChI is InChI=1S/C10H17FO6/c1-12-4-15-8-7(11)6-3-14-10(17-6)9(8)16-5-13-2/h6-10H,3-5H2,1-2H3/t6-,7+,8+,9-,10-/m1/s1. The Hall–Kier alpha value is -0.310. The van der Waals surface area contributed by atoms with Crippen LogP contribution in [0.5, 0.6) is 0 Å². The zero-order valence-corrected chi connectivity index (χ0v) is 9.84. The van der Waals surface area contributed by atoms with Gasteiger partial charge in [-0.25, -0.2) is 4.39 Å². The molecule has 0 aromatic rings. The van der Waals surface area contributed by atoms with Gasteiger partial charge in [-0.3, -0.25) is 0 Å². The molecule has 2 fully saturated rings. The minimum absolute atomic E-state index is 0.00261. The van der Waals surface area contributed by atoms with Crippen molar-refractivity contribution in [2.24, 2.45) is 0 Å². The predicted molar refractivity (Wildman–Crippen MR) is 53.0 cm³/mol. The molecule has 0 aliphatic carbocycles. The van der Waals surface area contributed by atoms with E-state index in [-0.39, 0.29) is 20.2 Å². The second kappa shape index (κ2) is 6.03. The van der Waals surface area contributed by atoms with E-state index in [1.807, 2.05) is 0 Å². The Morgan fingerprint density at radius 1 is 1.12 bits per heavy atom. The smallest absolute Gasteiger partial charge is 0.187 e. The number of alkyl halides is 1. The highest BCUT2D eigenvalue weighted by atomic mass is 19.1. The lowest BCUT2D eigenvalue weighted by molar-refractivity contribution is -0.269. The Morgan fingerprint density at radius 3 is 2.41 bits per heavy atom. The van der Waals surface area contributed by atoms with Crippen molar-refractivity contribution >= 4 is 0 Å². The van der Waals surface area contributed by atoms with Gasteiger partial charge in [-0.1, -0.05) is 0 Å². The Labute approximate surface area is 98.9 Å². The summed E-state index contributed by atoms with van der Waals surface area (Å²) in [7, 11) is 2.96. The monoisotopic (exact) mass is 252 g/mol. The van der Waals surface area contributed by atoms with Gasteiger partial charge in [-0.2, -0.15) is 0 Å². The molecule has 0 N–H and O–H groups in total. The zero-order chi connectivity index (χ0) is 12.3. The van der Waals surface area contributed by atoms with Crippen molar-refractivity contribution < 1.29 is 32.8 Å². The molecule has 6 nitrogen and oxygen atoms in total. The van der Waals surface area contributed by atoms with E-state index >= 15 is 0 Å². The van der Waals surface area contributed by atoms with E-state index < -0.39 is 30.8 Å². The first-order chi connectivity index (χ1) is 8.27. The third-order valence-corrected chi connectivity index (χ3v) is 2.75. The van der Waals surface area contributed by atoms with E-state index in [9.17, 15) is 4.39 Å². The number of halogens is 1. The number of ether oxygens (including phenoxy) is 6. The summed E-state index contributed by atoms with van der Waals surface area (Å²) in [5.74, 6) is 0. The Morgan fingerprint density at radius 2 is 1.76 bits per heavy atom. The van der Waals surface area contributed by atoms with Crippen LogP contribution in [0.4, 0.5) is 4.39 Å². The molecule has 2 bridgehead atoms. The van der Waals surface area contributed by atoms with Crippen molar-refractivity contribution in [3.05, 3.63) is 0 Å². The Balaban J connectivity index is 2.00. The van der Waals surface area contributed by atoms with Crippen LogP contribution in [0.25, 0.3) is 0 Å².